The Morgan fingerprint density at radius 1 is 1.40 bits per heavy atom. The van der Waals surface area contributed by atoms with Crippen molar-refractivity contribution in [2.75, 3.05) is 31.6 Å². The van der Waals surface area contributed by atoms with Crippen molar-refractivity contribution in [1.82, 2.24) is 9.88 Å². The third-order valence-electron chi connectivity index (χ3n) is 4.19. The average molecular weight is 361 g/mol. The van der Waals surface area contributed by atoms with Gasteiger partial charge in [-0.3, -0.25) is 15.0 Å². The summed E-state index contributed by atoms with van der Waals surface area (Å²) in [4.78, 5) is 19.1. The first-order chi connectivity index (χ1) is 12.0. The van der Waals surface area contributed by atoms with Crippen molar-refractivity contribution in [2.24, 2.45) is 0 Å². The second kappa shape index (κ2) is 7.95. The standard InChI is InChI=1S/C18H23N3O3S/c1-12(2)13-3-4-15(16(22)9-13)17(23)20-18-19-14(11-25-18)10-21-5-7-24-8-6-21/h3-4,9,11-12,22H,5-8,10H2,1-2H3,(H,19,20,23). The number of benzene rings is 1. The Morgan fingerprint density at radius 3 is 2.84 bits per heavy atom. The maximum absolute atomic E-state index is 12.4. The highest BCUT2D eigenvalue weighted by molar-refractivity contribution is 7.14. The quantitative estimate of drug-likeness (QED) is 0.856. The van der Waals surface area contributed by atoms with Crippen LogP contribution in [-0.2, 0) is 11.3 Å². The lowest BCUT2D eigenvalue weighted by atomic mass is 10.0. The molecular formula is C18H23N3O3S. The zero-order valence-electron chi connectivity index (χ0n) is 14.5. The summed E-state index contributed by atoms with van der Waals surface area (Å²) in [5, 5.41) is 15.4. The van der Waals surface area contributed by atoms with Gasteiger partial charge >= 0.3 is 0 Å². The molecular weight excluding hydrogens is 338 g/mol. The van der Waals surface area contributed by atoms with E-state index in [1.165, 1.54) is 11.3 Å². The molecule has 1 amide bonds. The molecule has 1 fully saturated rings. The summed E-state index contributed by atoms with van der Waals surface area (Å²) in [6.45, 7) is 8.13. The maximum Gasteiger partial charge on any atom is 0.261 e. The van der Waals surface area contributed by atoms with E-state index in [1.54, 1.807) is 12.1 Å². The molecule has 2 N–H and O–H groups in total. The van der Waals surface area contributed by atoms with Gasteiger partial charge in [-0.25, -0.2) is 4.98 Å². The van der Waals surface area contributed by atoms with Crippen LogP contribution >= 0.6 is 11.3 Å². The predicted molar refractivity (Wildman–Crippen MR) is 98.4 cm³/mol. The van der Waals surface area contributed by atoms with Gasteiger partial charge in [0.1, 0.15) is 5.75 Å². The van der Waals surface area contributed by atoms with Crippen LogP contribution in [0.4, 0.5) is 5.13 Å². The number of aromatic hydroxyl groups is 1. The third-order valence-corrected chi connectivity index (χ3v) is 5.00. The van der Waals surface area contributed by atoms with Gasteiger partial charge in [0.2, 0.25) is 0 Å². The van der Waals surface area contributed by atoms with Crippen molar-refractivity contribution in [3.05, 3.63) is 40.4 Å². The number of carbonyl (C=O) groups excluding carboxylic acids is 1. The lowest BCUT2D eigenvalue weighted by molar-refractivity contribution is 0.0337. The van der Waals surface area contributed by atoms with Crippen LogP contribution in [0.3, 0.4) is 0 Å². The second-order valence-electron chi connectivity index (χ2n) is 6.42. The molecule has 0 unspecified atom stereocenters. The van der Waals surface area contributed by atoms with Gasteiger partial charge < -0.3 is 9.84 Å². The summed E-state index contributed by atoms with van der Waals surface area (Å²) in [7, 11) is 0. The van der Waals surface area contributed by atoms with Crippen LogP contribution in [0, 0.1) is 0 Å². The van der Waals surface area contributed by atoms with Crippen LogP contribution in [0.25, 0.3) is 0 Å². The molecule has 2 aromatic rings. The molecule has 0 bridgehead atoms. The fraction of sp³-hybridized carbons (Fsp3) is 0.444. The summed E-state index contributed by atoms with van der Waals surface area (Å²) >= 11 is 1.39. The molecule has 2 heterocycles. The molecule has 1 aromatic carbocycles. The number of carbonyl (C=O) groups is 1. The number of ether oxygens (including phenoxy) is 1. The van der Waals surface area contributed by atoms with E-state index < -0.39 is 0 Å². The molecule has 1 saturated heterocycles. The number of phenols is 1. The van der Waals surface area contributed by atoms with Gasteiger partial charge in [-0.2, -0.15) is 0 Å². The molecule has 0 radical (unpaired) electrons. The van der Waals surface area contributed by atoms with E-state index in [2.05, 4.69) is 15.2 Å². The summed E-state index contributed by atoms with van der Waals surface area (Å²) in [6, 6.07) is 5.17. The first-order valence-electron chi connectivity index (χ1n) is 8.41. The van der Waals surface area contributed by atoms with E-state index in [4.69, 9.17) is 4.74 Å². The zero-order chi connectivity index (χ0) is 17.8. The van der Waals surface area contributed by atoms with Crippen molar-refractivity contribution >= 4 is 22.4 Å². The van der Waals surface area contributed by atoms with E-state index >= 15 is 0 Å². The van der Waals surface area contributed by atoms with Gasteiger partial charge in [0.05, 0.1) is 24.5 Å². The SMILES string of the molecule is CC(C)c1ccc(C(=O)Nc2nc(CN3CCOCC3)cs2)c(O)c1. The highest BCUT2D eigenvalue weighted by Gasteiger charge is 2.16. The fourth-order valence-corrected chi connectivity index (χ4v) is 3.39. The third kappa shape index (κ3) is 4.56. The molecule has 1 aromatic heterocycles. The van der Waals surface area contributed by atoms with Crippen LogP contribution in [0.2, 0.25) is 0 Å². The molecule has 0 saturated carbocycles. The van der Waals surface area contributed by atoms with Crippen LogP contribution in [0.1, 0.15) is 41.4 Å². The van der Waals surface area contributed by atoms with Gasteiger partial charge in [0.15, 0.2) is 5.13 Å². The molecule has 0 aliphatic carbocycles. The number of amides is 1. The molecule has 0 spiro atoms. The average Bonchev–Trinajstić information content (AvgIpc) is 3.02. The Balaban J connectivity index is 1.63. The number of aromatic nitrogens is 1. The number of nitrogens with one attached hydrogen (secondary N) is 1. The van der Waals surface area contributed by atoms with Crippen LogP contribution in [-0.4, -0.2) is 47.2 Å². The number of rotatable bonds is 5. The number of phenolic OH excluding ortho intramolecular Hbond substituents is 1. The fourth-order valence-electron chi connectivity index (χ4n) is 2.69. The zero-order valence-corrected chi connectivity index (χ0v) is 15.3. The first-order valence-corrected chi connectivity index (χ1v) is 9.29. The first kappa shape index (κ1) is 17.8. The smallest absolute Gasteiger partial charge is 0.261 e. The van der Waals surface area contributed by atoms with Gasteiger partial charge in [-0.15, -0.1) is 11.3 Å². The topological polar surface area (TPSA) is 74.7 Å². The summed E-state index contributed by atoms with van der Waals surface area (Å²) < 4.78 is 5.34. The van der Waals surface area contributed by atoms with E-state index in [0.29, 0.717) is 11.0 Å². The number of hydrogen-bond donors (Lipinski definition) is 2. The second-order valence-corrected chi connectivity index (χ2v) is 7.28. The highest BCUT2D eigenvalue weighted by Crippen LogP contribution is 2.25. The molecule has 0 atom stereocenters. The van der Waals surface area contributed by atoms with Crippen molar-refractivity contribution < 1.29 is 14.6 Å². The Bertz CT molecular complexity index is 739. The molecule has 25 heavy (non-hydrogen) atoms. The highest BCUT2D eigenvalue weighted by atomic mass is 32.1. The minimum atomic E-state index is -0.347. The normalized spacial score (nSPS) is 15.5. The Hall–Kier alpha value is -1.96. The van der Waals surface area contributed by atoms with Gasteiger partial charge in [0, 0.05) is 25.0 Å². The van der Waals surface area contributed by atoms with Crippen molar-refractivity contribution in [3.63, 3.8) is 0 Å². The summed E-state index contributed by atoms with van der Waals surface area (Å²) in [5.41, 5.74) is 2.19. The lowest BCUT2D eigenvalue weighted by Gasteiger charge is -2.25. The summed E-state index contributed by atoms with van der Waals surface area (Å²) in [5.74, 6) is -0.0569. The van der Waals surface area contributed by atoms with Gasteiger partial charge in [-0.05, 0) is 23.6 Å². The Labute approximate surface area is 151 Å². The number of anilines is 1. The summed E-state index contributed by atoms with van der Waals surface area (Å²) in [6.07, 6.45) is 0. The number of hydrogen-bond acceptors (Lipinski definition) is 6. The molecule has 134 valence electrons. The monoisotopic (exact) mass is 361 g/mol. The molecule has 6 nitrogen and oxygen atoms in total. The van der Waals surface area contributed by atoms with Gasteiger partial charge in [-0.1, -0.05) is 19.9 Å². The molecule has 1 aliphatic rings. The van der Waals surface area contributed by atoms with Crippen LogP contribution < -0.4 is 5.32 Å². The largest absolute Gasteiger partial charge is 0.507 e. The molecule has 7 heteroatoms. The van der Waals surface area contributed by atoms with E-state index in [-0.39, 0.29) is 17.2 Å². The predicted octanol–water partition coefficient (Wildman–Crippen LogP) is 3.06. The van der Waals surface area contributed by atoms with Gasteiger partial charge in [0.25, 0.3) is 5.91 Å². The van der Waals surface area contributed by atoms with Crippen LogP contribution in [0.5, 0.6) is 5.75 Å². The Kier molecular flexibility index (Phi) is 5.67. The van der Waals surface area contributed by atoms with Crippen LogP contribution in [0.15, 0.2) is 23.6 Å². The molecule has 3 rings (SSSR count). The molecule has 1 aliphatic heterocycles. The van der Waals surface area contributed by atoms with E-state index in [1.807, 2.05) is 25.3 Å². The number of morpholine rings is 1. The number of nitrogens with zero attached hydrogens (tertiary/aromatic N) is 2. The minimum absolute atomic E-state index is 0.00574. The lowest BCUT2D eigenvalue weighted by Crippen LogP contribution is -2.35. The minimum Gasteiger partial charge on any atom is -0.507 e. The Morgan fingerprint density at radius 2 is 2.16 bits per heavy atom. The van der Waals surface area contributed by atoms with E-state index in [9.17, 15) is 9.90 Å². The van der Waals surface area contributed by atoms with Crippen molar-refractivity contribution in [1.29, 1.82) is 0 Å². The van der Waals surface area contributed by atoms with E-state index in [0.717, 1.165) is 44.1 Å². The van der Waals surface area contributed by atoms with Crippen molar-refractivity contribution in [2.45, 2.75) is 26.3 Å². The maximum atomic E-state index is 12.4. The number of thiazole rings is 1. The van der Waals surface area contributed by atoms with Crippen molar-refractivity contribution in [3.8, 4) is 5.75 Å².